The summed E-state index contributed by atoms with van der Waals surface area (Å²) in [6, 6.07) is 0.590. The van der Waals surface area contributed by atoms with Gasteiger partial charge in [0.2, 0.25) is 0 Å². The second-order valence-corrected chi connectivity index (χ2v) is 4.41. The summed E-state index contributed by atoms with van der Waals surface area (Å²) in [4.78, 5) is 3.03. The number of rotatable bonds is 1. The molecule has 8 heteroatoms. The Labute approximate surface area is 103 Å². The molecule has 0 aliphatic carbocycles. The van der Waals surface area contributed by atoms with Crippen LogP contribution in [0.15, 0.2) is 10.7 Å². The van der Waals surface area contributed by atoms with Gasteiger partial charge in [-0.25, -0.2) is 13.8 Å². The molecule has 1 nitrogen and oxygen atoms in total. The van der Waals surface area contributed by atoms with Gasteiger partial charge in [-0.1, -0.05) is 0 Å². The van der Waals surface area contributed by atoms with Crippen LogP contribution >= 0.6 is 38.5 Å². The fourth-order valence-corrected chi connectivity index (χ4v) is 2.57. The lowest BCUT2D eigenvalue weighted by Gasteiger charge is -2.10. The van der Waals surface area contributed by atoms with Crippen LogP contribution in [0.4, 0.5) is 22.0 Å². The van der Waals surface area contributed by atoms with E-state index in [4.69, 9.17) is 0 Å². The van der Waals surface area contributed by atoms with Gasteiger partial charge in [-0.3, -0.25) is 0 Å². The molecule has 0 aliphatic rings. The Kier molecular flexibility index (Phi) is 3.90. The summed E-state index contributed by atoms with van der Waals surface area (Å²) in [5, 5.41) is 0. The van der Waals surface area contributed by atoms with E-state index < -0.39 is 28.5 Å². The molecule has 0 N–H and O–H groups in total. The maximum Gasteiger partial charge on any atom is 0.433 e. The summed E-state index contributed by atoms with van der Waals surface area (Å²) in [6.45, 7) is 0. The van der Waals surface area contributed by atoms with Crippen molar-refractivity contribution in [1.29, 1.82) is 0 Å². The molecule has 0 bridgehead atoms. The maximum atomic E-state index is 12.4. The standard InChI is InChI=1S/C7H2BrF5IN/c8-5-4(6(9)10)2(14)1-3(15-5)7(11,12)13/h1,6H. The largest absolute Gasteiger partial charge is 0.433 e. The fraction of sp³-hybridized carbons (Fsp3) is 0.286. The molecule has 15 heavy (non-hydrogen) atoms. The minimum Gasteiger partial charge on any atom is -0.236 e. The predicted molar refractivity (Wildman–Crippen MR) is 54.6 cm³/mol. The number of aromatic nitrogens is 1. The minimum absolute atomic E-state index is 0.170. The highest BCUT2D eigenvalue weighted by atomic mass is 127. The van der Waals surface area contributed by atoms with Gasteiger partial charge in [-0.2, -0.15) is 13.2 Å². The first-order chi connectivity index (χ1) is 6.73. The van der Waals surface area contributed by atoms with E-state index in [-0.39, 0.29) is 3.57 Å². The van der Waals surface area contributed by atoms with Gasteiger partial charge in [-0.15, -0.1) is 0 Å². The number of alkyl halides is 5. The first kappa shape index (κ1) is 13.1. The number of pyridine rings is 1. The highest BCUT2D eigenvalue weighted by molar-refractivity contribution is 14.1. The molecule has 0 fully saturated rings. The second-order valence-electron chi connectivity index (χ2n) is 2.49. The predicted octanol–water partition coefficient (Wildman–Crippen LogP) is 4.41. The van der Waals surface area contributed by atoms with E-state index >= 15 is 0 Å². The van der Waals surface area contributed by atoms with E-state index in [2.05, 4.69) is 20.9 Å². The summed E-state index contributed by atoms with van der Waals surface area (Å²) >= 11 is 4.01. The third-order valence-corrected chi connectivity index (χ3v) is 2.97. The van der Waals surface area contributed by atoms with Crippen molar-refractivity contribution < 1.29 is 22.0 Å². The number of hydrogen-bond donors (Lipinski definition) is 0. The van der Waals surface area contributed by atoms with E-state index in [1.165, 1.54) is 22.6 Å². The first-order valence-electron chi connectivity index (χ1n) is 3.44. The third-order valence-electron chi connectivity index (χ3n) is 1.47. The van der Waals surface area contributed by atoms with Crippen molar-refractivity contribution >= 4 is 38.5 Å². The molecule has 84 valence electrons. The molecular weight excluding hydrogens is 400 g/mol. The van der Waals surface area contributed by atoms with Gasteiger partial charge in [0.1, 0.15) is 10.3 Å². The Balaban J connectivity index is 3.32. The summed E-state index contributed by atoms with van der Waals surface area (Å²) in [5.41, 5.74) is -1.72. The van der Waals surface area contributed by atoms with Crippen LogP contribution < -0.4 is 0 Å². The number of nitrogens with zero attached hydrogens (tertiary/aromatic N) is 1. The Morgan fingerprint density at radius 1 is 1.33 bits per heavy atom. The van der Waals surface area contributed by atoms with Crippen molar-refractivity contribution in [3.63, 3.8) is 0 Å². The van der Waals surface area contributed by atoms with Gasteiger partial charge in [0.05, 0.1) is 5.56 Å². The van der Waals surface area contributed by atoms with E-state index in [0.29, 0.717) is 6.07 Å². The number of halogens is 7. The van der Waals surface area contributed by atoms with E-state index in [1.807, 2.05) is 0 Å². The van der Waals surface area contributed by atoms with Crippen LogP contribution in [0.1, 0.15) is 17.7 Å². The Morgan fingerprint density at radius 2 is 1.87 bits per heavy atom. The van der Waals surface area contributed by atoms with Gasteiger partial charge in [0.25, 0.3) is 6.43 Å². The lowest BCUT2D eigenvalue weighted by Crippen LogP contribution is -2.10. The zero-order chi connectivity index (χ0) is 11.8. The molecule has 0 saturated carbocycles. The maximum absolute atomic E-state index is 12.4. The molecule has 1 rings (SSSR count). The van der Waals surface area contributed by atoms with Crippen LogP contribution in [-0.2, 0) is 6.18 Å². The monoisotopic (exact) mass is 401 g/mol. The van der Waals surface area contributed by atoms with Crippen LogP contribution in [0.2, 0.25) is 0 Å². The molecule has 0 saturated heterocycles. The Hall–Kier alpha value is 0.01000. The van der Waals surface area contributed by atoms with Gasteiger partial charge in [0, 0.05) is 3.57 Å². The van der Waals surface area contributed by atoms with E-state index in [9.17, 15) is 22.0 Å². The molecule has 0 amide bonds. The normalized spacial score (nSPS) is 12.3. The Bertz CT molecular complexity index is 355. The molecule has 0 radical (unpaired) electrons. The van der Waals surface area contributed by atoms with Crippen molar-refractivity contribution in [2.75, 3.05) is 0 Å². The van der Waals surface area contributed by atoms with Crippen molar-refractivity contribution in [3.05, 3.63) is 25.5 Å². The smallest absolute Gasteiger partial charge is 0.236 e. The van der Waals surface area contributed by atoms with E-state index in [0.717, 1.165) is 0 Å². The summed E-state index contributed by atoms with van der Waals surface area (Å²) in [6.07, 6.45) is -7.50. The molecular formula is C7H2BrF5IN. The number of hydrogen-bond acceptors (Lipinski definition) is 1. The molecule has 1 aromatic rings. The second kappa shape index (κ2) is 4.48. The molecule has 0 aromatic carbocycles. The van der Waals surface area contributed by atoms with Crippen LogP contribution in [0, 0.1) is 3.57 Å². The lowest BCUT2D eigenvalue weighted by atomic mass is 10.2. The van der Waals surface area contributed by atoms with Crippen molar-refractivity contribution in [2.24, 2.45) is 0 Å². The van der Waals surface area contributed by atoms with Crippen molar-refractivity contribution in [2.45, 2.75) is 12.6 Å². The van der Waals surface area contributed by atoms with Crippen molar-refractivity contribution in [1.82, 2.24) is 4.98 Å². The summed E-state index contributed by atoms with van der Waals surface area (Å²) < 4.78 is 60.7. The average molecular weight is 402 g/mol. The zero-order valence-electron chi connectivity index (χ0n) is 6.75. The van der Waals surface area contributed by atoms with Gasteiger partial charge < -0.3 is 0 Å². The fourth-order valence-electron chi connectivity index (χ4n) is 0.834. The van der Waals surface area contributed by atoms with Crippen molar-refractivity contribution in [3.8, 4) is 0 Å². The average Bonchev–Trinajstić information content (AvgIpc) is 1.99. The Morgan fingerprint density at radius 3 is 2.20 bits per heavy atom. The SMILES string of the molecule is FC(F)c1c(I)cc(C(F)(F)F)nc1Br. The topological polar surface area (TPSA) is 12.9 Å². The molecule has 1 heterocycles. The van der Waals surface area contributed by atoms with Gasteiger partial charge in [0.15, 0.2) is 0 Å². The molecule has 1 aromatic heterocycles. The molecule has 0 spiro atoms. The highest BCUT2D eigenvalue weighted by Gasteiger charge is 2.34. The minimum atomic E-state index is -4.64. The molecule has 0 atom stereocenters. The third kappa shape index (κ3) is 2.99. The quantitative estimate of drug-likeness (QED) is 0.386. The molecule has 0 aliphatic heterocycles. The lowest BCUT2D eigenvalue weighted by molar-refractivity contribution is -0.141. The van der Waals surface area contributed by atoms with Gasteiger partial charge in [-0.05, 0) is 44.6 Å². The van der Waals surface area contributed by atoms with E-state index in [1.54, 1.807) is 0 Å². The highest BCUT2D eigenvalue weighted by Crippen LogP contribution is 2.35. The summed E-state index contributed by atoms with van der Waals surface area (Å²) in [7, 11) is 0. The molecule has 0 unspecified atom stereocenters. The van der Waals surface area contributed by atoms with Crippen LogP contribution in [0.5, 0.6) is 0 Å². The van der Waals surface area contributed by atoms with Crippen LogP contribution in [0.3, 0.4) is 0 Å². The van der Waals surface area contributed by atoms with Gasteiger partial charge >= 0.3 is 6.18 Å². The van der Waals surface area contributed by atoms with Crippen LogP contribution in [-0.4, -0.2) is 4.98 Å². The first-order valence-corrected chi connectivity index (χ1v) is 5.32. The summed E-state index contributed by atoms with van der Waals surface area (Å²) in [5.74, 6) is 0. The van der Waals surface area contributed by atoms with Crippen LogP contribution in [0.25, 0.3) is 0 Å². The zero-order valence-corrected chi connectivity index (χ0v) is 10.5.